The van der Waals surface area contributed by atoms with E-state index in [1.807, 2.05) is 24.8 Å². The second-order valence-electron chi connectivity index (χ2n) is 5.07. The van der Waals surface area contributed by atoms with Crippen LogP contribution >= 0.6 is 11.8 Å². The Hall–Kier alpha value is -0.780. The van der Waals surface area contributed by atoms with E-state index in [2.05, 4.69) is 31.2 Å². The van der Waals surface area contributed by atoms with Gasteiger partial charge in [-0.15, -0.1) is 0 Å². The molecule has 0 saturated carbocycles. The largest absolute Gasteiger partial charge is 0.383 e. The summed E-state index contributed by atoms with van der Waals surface area (Å²) in [7, 11) is 0. The average molecular weight is 254 g/mol. The Bertz CT molecular complexity index is 353. The Morgan fingerprint density at radius 2 is 2.12 bits per heavy atom. The van der Waals surface area contributed by atoms with Crippen molar-refractivity contribution in [3.63, 3.8) is 0 Å². The zero-order valence-corrected chi connectivity index (χ0v) is 11.8. The topological polar surface area (TPSA) is 77.0 Å². The molecule has 1 rings (SSSR count). The number of thioether (sulfide) groups is 1. The van der Waals surface area contributed by atoms with E-state index >= 15 is 0 Å². The van der Waals surface area contributed by atoms with Gasteiger partial charge < -0.3 is 5.73 Å². The lowest BCUT2D eigenvalue weighted by Crippen LogP contribution is -2.32. The summed E-state index contributed by atoms with van der Waals surface area (Å²) in [5, 5.41) is 0. The number of rotatable bonds is 4. The number of hydrogen-bond donors (Lipinski definition) is 3. The van der Waals surface area contributed by atoms with Crippen LogP contribution in [0, 0.1) is 6.92 Å². The Morgan fingerprint density at radius 1 is 1.47 bits per heavy atom. The van der Waals surface area contributed by atoms with Gasteiger partial charge in [-0.2, -0.15) is 11.8 Å². The molecule has 5 N–H and O–H groups in total. The van der Waals surface area contributed by atoms with E-state index in [9.17, 15) is 0 Å². The summed E-state index contributed by atoms with van der Waals surface area (Å²) in [6.45, 7) is 8.58. The number of anilines is 1. The molecular formula is C12H22N4S. The number of hydrogen-bond acceptors (Lipinski definition) is 5. The fourth-order valence-corrected chi connectivity index (χ4v) is 2.52. The third-order valence-corrected chi connectivity index (χ3v) is 3.84. The Labute approximate surface area is 108 Å². The zero-order chi connectivity index (χ0) is 13.1. The maximum Gasteiger partial charge on any atom is 0.128 e. The van der Waals surface area contributed by atoms with Gasteiger partial charge >= 0.3 is 0 Å². The second-order valence-corrected chi connectivity index (χ2v) is 6.92. The fraction of sp³-hybridized carbons (Fsp3) is 0.583. The number of nitrogens with zero attached hydrogens (tertiary/aromatic N) is 1. The minimum absolute atomic E-state index is 0.0351. The van der Waals surface area contributed by atoms with E-state index in [0.29, 0.717) is 5.82 Å². The first kappa shape index (κ1) is 14.3. The van der Waals surface area contributed by atoms with E-state index in [0.717, 1.165) is 16.9 Å². The summed E-state index contributed by atoms with van der Waals surface area (Å²) in [6, 6.07) is 1.99. The molecule has 0 aliphatic heterocycles. The number of aromatic nitrogens is 1. The summed E-state index contributed by atoms with van der Waals surface area (Å²) in [6.07, 6.45) is 1.72. The summed E-state index contributed by atoms with van der Waals surface area (Å²) < 4.78 is 0.208. The summed E-state index contributed by atoms with van der Waals surface area (Å²) in [5.74, 6) is 7.05. The van der Waals surface area contributed by atoms with E-state index in [4.69, 9.17) is 11.6 Å². The number of nitrogens with two attached hydrogens (primary N) is 2. The molecule has 17 heavy (non-hydrogen) atoms. The minimum Gasteiger partial charge on any atom is -0.383 e. The van der Waals surface area contributed by atoms with Gasteiger partial charge in [0.25, 0.3) is 0 Å². The van der Waals surface area contributed by atoms with Gasteiger partial charge in [-0.1, -0.05) is 20.8 Å². The molecule has 0 bridgehead atoms. The molecule has 0 saturated heterocycles. The van der Waals surface area contributed by atoms with Gasteiger partial charge in [-0.05, 0) is 18.6 Å². The Morgan fingerprint density at radius 3 is 2.59 bits per heavy atom. The van der Waals surface area contributed by atoms with E-state index in [-0.39, 0.29) is 10.8 Å². The lowest BCUT2D eigenvalue weighted by Gasteiger charge is -2.24. The monoisotopic (exact) mass is 254 g/mol. The van der Waals surface area contributed by atoms with Gasteiger partial charge in [0.1, 0.15) is 5.82 Å². The van der Waals surface area contributed by atoms with Crippen molar-refractivity contribution in [2.45, 2.75) is 38.5 Å². The number of pyridine rings is 1. The van der Waals surface area contributed by atoms with Crippen LogP contribution in [0.4, 0.5) is 5.82 Å². The Balaban J connectivity index is 2.87. The van der Waals surface area contributed by atoms with Crippen LogP contribution in [0.5, 0.6) is 0 Å². The van der Waals surface area contributed by atoms with Gasteiger partial charge in [0, 0.05) is 22.3 Å². The van der Waals surface area contributed by atoms with Crippen LogP contribution in [0.1, 0.15) is 37.9 Å². The third-order valence-electron chi connectivity index (χ3n) is 2.47. The molecular weight excluding hydrogens is 232 g/mol. The lowest BCUT2D eigenvalue weighted by atomic mass is 10.0. The van der Waals surface area contributed by atoms with Crippen molar-refractivity contribution < 1.29 is 0 Å². The first-order chi connectivity index (χ1) is 7.85. The van der Waals surface area contributed by atoms with Crippen LogP contribution in [0.25, 0.3) is 0 Å². The Kier molecular flexibility index (Phi) is 4.80. The zero-order valence-electron chi connectivity index (χ0n) is 10.9. The highest BCUT2D eigenvalue weighted by molar-refractivity contribution is 8.00. The van der Waals surface area contributed by atoms with Gasteiger partial charge in [-0.25, -0.2) is 4.98 Å². The molecule has 4 nitrogen and oxygen atoms in total. The van der Waals surface area contributed by atoms with Crippen LogP contribution in [0.15, 0.2) is 12.3 Å². The maximum atomic E-state index is 5.92. The molecule has 0 spiro atoms. The predicted octanol–water partition coefficient (Wildman–Crippen LogP) is 2.01. The number of nitrogen functional groups attached to an aromatic ring is 1. The van der Waals surface area contributed by atoms with Crippen LogP contribution in [-0.2, 0) is 0 Å². The second kappa shape index (κ2) is 5.71. The van der Waals surface area contributed by atoms with Gasteiger partial charge in [0.05, 0.1) is 6.04 Å². The minimum atomic E-state index is 0.0351. The van der Waals surface area contributed by atoms with E-state index in [1.165, 1.54) is 0 Å². The summed E-state index contributed by atoms with van der Waals surface area (Å²) in [4.78, 5) is 4.13. The highest BCUT2D eigenvalue weighted by Gasteiger charge is 2.19. The molecule has 1 heterocycles. The smallest absolute Gasteiger partial charge is 0.128 e. The van der Waals surface area contributed by atoms with Crippen LogP contribution < -0.4 is 17.0 Å². The first-order valence-electron chi connectivity index (χ1n) is 5.66. The number of nitrogens with one attached hydrogen (secondary N) is 1. The van der Waals surface area contributed by atoms with Crippen molar-refractivity contribution in [2.24, 2.45) is 5.84 Å². The highest BCUT2D eigenvalue weighted by Crippen LogP contribution is 2.30. The lowest BCUT2D eigenvalue weighted by molar-refractivity contribution is 0.604. The van der Waals surface area contributed by atoms with Crippen LogP contribution in [0.3, 0.4) is 0 Å². The van der Waals surface area contributed by atoms with E-state index in [1.54, 1.807) is 6.20 Å². The van der Waals surface area contributed by atoms with Crippen molar-refractivity contribution in [3.8, 4) is 0 Å². The predicted molar refractivity (Wildman–Crippen MR) is 75.7 cm³/mol. The maximum absolute atomic E-state index is 5.92. The molecule has 1 atom stereocenters. The van der Waals surface area contributed by atoms with Crippen molar-refractivity contribution in [2.75, 3.05) is 11.5 Å². The van der Waals surface area contributed by atoms with Crippen LogP contribution in [0.2, 0.25) is 0 Å². The van der Waals surface area contributed by atoms with Crippen molar-refractivity contribution in [1.29, 1.82) is 0 Å². The molecule has 1 aromatic rings. The van der Waals surface area contributed by atoms with Crippen LogP contribution in [-0.4, -0.2) is 15.5 Å². The molecule has 1 aromatic heterocycles. The summed E-state index contributed by atoms with van der Waals surface area (Å²) in [5.41, 5.74) is 10.9. The first-order valence-corrected chi connectivity index (χ1v) is 6.65. The van der Waals surface area contributed by atoms with Crippen molar-refractivity contribution >= 4 is 17.6 Å². The third kappa shape index (κ3) is 4.18. The highest BCUT2D eigenvalue weighted by atomic mass is 32.2. The molecule has 96 valence electrons. The molecule has 0 fully saturated rings. The molecule has 1 unspecified atom stereocenters. The molecule has 5 heteroatoms. The standard InChI is InChI=1S/C12H22N4S/c1-8-5-6-15-11(13)10(8)9(16-14)7-17-12(2,3)4/h5-6,9,16H,7,14H2,1-4H3,(H2,13,15). The average Bonchev–Trinajstić information content (AvgIpc) is 2.21. The van der Waals surface area contributed by atoms with Crippen molar-refractivity contribution in [3.05, 3.63) is 23.4 Å². The van der Waals surface area contributed by atoms with Crippen molar-refractivity contribution in [1.82, 2.24) is 10.4 Å². The molecule has 0 aliphatic carbocycles. The van der Waals surface area contributed by atoms with E-state index < -0.39 is 0 Å². The molecule has 0 aromatic carbocycles. The van der Waals surface area contributed by atoms with Gasteiger partial charge in [0.2, 0.25) is 0 Å². The normalized spacial score (nSPS) is 13.7. The number of hydrazine groups is 1. The fourth-order valence-electron chi connectivity index (χ4n) is 1.59. The molecule has 0 amide bonds. The summed E-state index contributed by atoms with van der Waals surface area (Å²) >= 11 is 1.85. The number of aryl methyl sites for hydroxylation is 1. The quantitative estimate of drug-likeness (QED) is 0.566. The van der Waals surface area contributed by atoms with Gasteiger partial charge in [-0.3, -0.25) is 11.3 Å². The SMILES string of the molecule is Cc1ccnc(N)c1C(CSC(C)(C)C)NN. The van der Waals surface area contributed by atoms with Gasteiger partial charge in [0.15, 0.2) is 0 Å². The molecule has 0 aliphatic rings. The molecule has 0 radical (unpaired) electrons.